The van der Waals surface area contributed by atoms with Gasteiger partial charge in [-0.1, -0.05) is 13.8 Å². The molecule has 4 nitrogen and oxygen atoms in total. The SMILES string of the molecule is CCNC1CCN(C(=O)NC2CC2)CC1C. The van der Waals surface area contributed by atoms with Crippen LogP contribution in [0.25, 0.3) is 0 Å². The molecule has 2 aliphatic rings. The number of piperidine rings is 1. The summed E-state index contributed by atoms with van der Waals surface area (Å²) in [7, 11) is 0. The molecule has 0 spiro atoms. The van der Waals surface area contributed by atoms with Gasteiger partial charge in [0.25, 0.3) is 0 Å². The first-order chi connectivity index (χ1) is 7.70. The molecule has 2 N–H and O–H groups in total. The molecule has 1 saturated carbocycles. The second-order valence-electron chi connectivity index (χ2n) is 5.10. The minimum atomic E-state index is 0.143. The Balaban J connectivity index is 1.78. The van der Waals surface area contributed by atoms with E-state index < -0.39 is 0 Å². The van der Waals surface area contributed by atoms with Gasteiger partial charge >= 0.3 is 6.03 Å². The van der Waals surface area contributed by atoms with E-state index in [9.17, 15) is 4.79 Å². The van der Waals surface area contributed by atoms with Gasteiger partial charge in [0.1, 0.15) is 0 Å². The Morgan fingerprint density at radius 3 is 2.69 bits per heavy atom. The van der Waals surface area contributed by atoms with Crippen molar-refractivity contribution in [3.05, 3.63) is 0 Å². The largest absolute Gasteiger partial charge is 0.335 e. The number of nitrogens with zero attached hydrogens (tertiary/aromatic N) is 1. The number of carbonyl (C=O) groups is 1. The van der Waals surface area contributed by atoms with E-state index in [0.29, 0.717) is 18.0 Å². The average molecular weight is 225 g/mol. The third kappa shape index (κ3) is 2.88. The average Bonchev–Trinajstić information content (AvgIpc) is 3.05. The molecular formula is C12H23N3O. The van der Waals surface area contributed by atoms with Gasteiger partial charge in [0.2, 0.25) is 0 Å². The zero-order chi connectivity index (χ0) is 11.5. The molecule has 16 heavy (non-hydrogen) atoms. The van der Waals surface area contributed by atoms with Crippen molar-refractivity contribution < 1.29 is 4.79 Å². The molecule has 1 aliphatic carbocycles. The van der Waals surface area contributed by atoms with Gasteiger partial charge in [-0.05, 0) is 31.7 Å². The van der Waals surface area contributed by atoms with Gasteiger partial charge in [0, 0.05) is 25.2 Å². The van der Waals surface area contributed by atoms with Crippen molar-refractivity contribution in [2.45, 2.75) is 45.2 Å². The topological polar surface area (TPSA) is 44.4 Å². The summed E-state index contributed by atoms with van der Waals surface area (Å²) in [5.41, 5.74) is 0. The second kappa shape index (κ2) is 5.04. The van der Waals surface area contributed by atoms with E-state index in [1.54, 1.807) is 0 Å². The van der Waals surface area contributed by atoms with Gasteiger partial charge in [-0.3, -0.25) is 0 Å². The fourth-order valence-corrected chi connectivity index (χ4v) is 2.39. The van der Waals surface area contributed by atoms with Gasteiger partial charge in [0.05, 0.1) is 0 Å². The molecule has 2 atom stereocenters. The molecule has 2 fully saturated rings. The zero-order valence-electron chi connectivity index (χ0n) is 10.3. The molecule has 2 unspecified atom stereocenters. The van der Waals surface area contributed by atoms with E-state index >= 15 is 0 Å². The van der Waals surface area contributed by atoms with Gasteiger partial charge < -0.3 is 15.5 Å². The molecule has 92 valence electrons. The van der Waals surface area contributed by atoms with Crippen LogP contribution in [-0.2, 0) is 0 Å². The number of nitrogens with one attached hydrogen (secondary N) is 2. The number of hydrogen-bond acceptors (Lipinski definition) is 2. The highest BCUT2D eigenvalue weighted by Gasteiger charge is 2.30. The Kier molecular flexibility index (Phi) is 3.69. The van der Waals surface area contributed by atoms with Crippen LogP contribution in [-0.4, -0.2) is 42.6 Å². The summed E-state index contributed by atoms with van der Waals surface area (Å²) in [6, 6.07) is 1.19. The molecule has 1 aliphatic heterocycles. The van der Waals surface area contributed by atoms with Crippen LogP contribution in [0.15, 0.2) is 0 Å². The Labute approximate surface area is 97.8 Å². The Morgan fingerprint density at radius 1 is 1.38 bits per heavy atom. The van der Waals surface area contributed by atoms with E-state index in [2.05, 4.69) is 24.5 Å². The number of hydrogen-bond donors (Lipinski definition) is 2. The number of likely N-dealkylation sites (tertiary alicyclic amines) is 1. The minimum absolute atomic E-state index is 0.143. The lowest BCUT2D eigenvalue weighted by Crippen LogP contribution is -2.52. The number of amides is 2. The van der Waals surface area contributed by atoms with Crippen LogP contribution in [0.5, 0.6) is 0 Å². The predicted molar refractivity (Wildman–Crippen MR) is 64.4 cm³/mol. The van der Waals surface area contributed by atoms with Crippen molar-refractivity contribution in [2.75, 3.05) is 19.6 Å². The van der Waals surface area contributed by atoms with Crippen LogP contribution in [0, 0.1) is 5.92 Å². The van der Waals surface area contributed by atoms with Gasteiger partial charge in [0.15, 0.2) is 0 Å². The molecule has 2 amide bonds. The van der Waals surface area contributed by atoms with Crippen molar-refractivity contribution in [1.29, 1.82) is 0 Å². The lowest BCUT2D eigenvalue weighted by Gasteiger charge is -2.37. The van der Waals surface area contributed by atoms with Crippen LogP contribution in [0.4, 0.5) is 4.79 Å². The third-order valence-electron chi connectivity index (χ3n) is 3.56. The Bertz CT molecular complexity index is 253. The van der Waals surface area contributed by atoms with Gasteiger partial charge in [-0.25, -0.2) is 4.79 Å². The number of carbonyl (C=O) groups excluding carboxylic acids is 1. The van der Waals surface area contributed by atoms with E-state index in [1.165, 1.54) is 0 Å². The molecule has 4 heteroatoms. The van der Waals surface area contributed by atoms with E-state index in [1.807, 2.05) is 4.90 Å². The highest BCUT2D eigenvalue weighted by molar-refractivity contribution is 5.75. The fraction of sp³-hybridized carbons (Fsp3) is 0.917. The smallest absolute Gasteiger partial charge is 0.317 e. The summed E-state index contributed by atoms with van der Waals surface area (Å²) >= 11 is 0. The normalized spacial score (nSPS) is 30.2. The zero-order valence-corrected chi connectivity index (χ0v) is 10.3. The van der Waals surface area contributed by atoms with Crippen LogP contribution >= 0.6 is 0 Å². The molecule has 0 aromatic rings. The monoisotopic (exact) mass is 225 g/mol. The summed E-state index contributed by atoms with van der Waals surface area (Å²) in [5.74, 6) is 0.554. The second-order valence-corrected chi connectivity index (χ2v) is 5.10. The first-order valence-electron chi connectivity index (χ1n) is 6.49. The Morgan fingerprint density at radius 2 is 2.12 bits per heavy atom. The van der Waals surface area contributed by atoms with Crippen LogP contribution in [0.2, 0.25) is 0 Å². The van der Waals surface area contributed by atoms with Crippen molar-refractivity contribution in [2.24, 2.45) is 5.92 Å². The molecule has 0 aromatic heterocycles. The maximum absolute atomic E-state index is 11.9. The molecular weight excluding hydrogens is 202 g/mol. The van der Waals surface area contributed by atoms with Crippen molar-refractivity contribution in [3.63, 3.8) is 0 Å². The van der Waals surface area contributed by atoms with Gasteiger partial charge in [-0.2, -0.15) is 0 Å². The molecule has 0 radical (unpaired) electrons. The summed E-state index contributed by atoms with van der Waals surface area (Å²) in [5, 5.41) is 6.55. The standard InChI is InChI=1S/C12H23N3O/c1-3-13-11-6-7-15(8-9(11)2)12(16)14-10-4-5-10/h9-11,13H,3-8H2,1-2H3,(H,14,16). The summed E-state index contributed by atoms with van der Waals surface area (Å²) in [6.45, 7) is 7.16. The molecule has 0 bridgehead atoms. The highest BCUT2D eigenvalue weighted by atomic mass is 16.2. The van der Waals surface area contributed by atoms with Crippen molar-refractivity contribution >= 4 is 6.03 Å². The fourth-order valence-electron chi connectivity index (χ4n) is 2.39. The maximum atomic E-state index is 11.9. The van der Waals surface area contributed by atoms with E-state index in [-0.39, 0.29) is 6.03 Å². The summed E-state index contributed by atoms with van der Waals surface area (Å²) in [6.07, 6.45) is 3.40. The quantitative estimate of drug-likeness (QED) is 0.757. The van der Waals surface area contributed by atoms with Crippen molar-refractivity contribution in [1.82, 2.24) is 15.5 Å². The first kappa shape index (κ1) is 11.7. The van der Waals surface area contributed by atoms with Crippen molar-refractivity contribution in [3.8, 4) is 0 Å². The van der Waals surface area contributed by atoms with Crippen LogP contribution in [0.3, 0.4) is 0 Å². The molecule has 0 aromatic carbocycles. The number of rotatable bonds is 3. The highest BCUT2D eigenvalue weighted by Crippen LogP contribution is 2.21. The van der Waals surface area contributed by atoms with E-state index in [4.69, 9.17) is 0 Å². The first-order valence-corrected chi connectivity index (χ1v) is 6.49. The van der Waals surface area contributed by atoms with Gasteiger partial charge in [-0.15, -0.1) is 0 Å². The Hall–Kier alpha value is -0.770. The molecule has 1 heterocycles. The summed E-state index contributed by atoms with van der Waals surface area (Å²) < 4.78 is 0. The molecule has 2 rings (SSSR count). The predicted octanol–water partition coefficient (Wildman–Crippen LogP) is 1.18. The van der Waals surface area contributed by atoms with E-state index in [0.717, 1.165) is 38.9 Å². The maximum Gasteiger partial charge on any atom is 0.317 e. The molecule has 1 saturated heterocycles. The number of urea groups is 1. The minimum Gasteiger partial charge on any atom is -0.335 e. The lowest BCUT2D eigenvalue weighted by molar-refractivity contribution is 0.150. The van der Waals surface area contributed by atoms with Crippen LogP contribution < -0.4 is 10.6 Å². The lowest BCUT2D eigenvalue weighted by atomic mass is 9.94. The van der Waals surface area contributed by atoms with Crippen LogP contribution in [0.1, 0.15) is 33.1 Å². The third-order valence-corrected chi connectivity index (χ3v) is 3.56. The summed E-state index contributed by atoms with van der Waals surface area (Å²) in [4.78, 5) is 13.8.